The highest BCUT2D eigenvalue weighted by Gasteiger charge is 2.50. The molecule has 17 nitrogen and oxygen atoms in total. The number of nitrogens with two attached hydrogens (primary N) is 2. The fourth-order valence-corrected chi connectivity index (χ4v) is 3.16. The van der Waals surface area contributed by atoms with Gasteiger partial charge in [0.15, 0.2) is 12.3 Å². The lowest BCUT2D eigenvalue weighted by molar-refractivity contribution is -0.150. The number of rotatable bonds is 9. The van der Waals surface area contributed by atoms with E-state index in [0.29, 0.717) is 0 Å². The van der Waals surface area contributed by atoms with Crippen LogP contribution in [-0.4, -0.2) is 102 Å². The second-order valence-corrected chi connectivity index (χ2v) is 7.49. The Morgan fingerprint density at radius 3 is 2.44 bits per heavy atom. The number of aryl methyl sites for hydroxylation is 1. The summed E-state index contributed by atoms with van der Waals surface area (Å²) in [5, 5.41) is 51.8. The maximum atomic E-state index is 12.4. The molecule has 0 bridgehead atoms. The van der Waals surface area contributed by atoms with E-state index in [4.69, 9.17) is 16.2 Å². The van der Waals surface area contributed by atoms with Crippen molar-refractivity contribution >= 4 is 18.0 Å². The number of amides is 2. The first kappa shape index (κ1) is 26.9. The van der Waals surface area contributed by atoms with E-state index < -0.39 is 84.7 Å². The summed E-state index contributed by atoms with van der Waals surface area (Å²) >= 11 is 0. The average molecular weight is 491 g/mol. The van der Waals surface area contributed by atoms with Crippen LogP contribution in [0.1, 0.15) is 11.8 Å². The Bertz CT molecular complexity index is 1040. The number of hydrogen-bond acceptors (Lipinski definition) is 12. The van der Waals surface area contributed by atoms with Crippen molar-refractivity contribution in [3.05, 3.63) is 32.6 Å². The molecule has 1 aliphatic heterocycles. The molecule has 34 heavy (non-hydrogen) atoms. The standard InChI is InChI=1S/C17H25N5O12/c1-4-2-22(17(32)21-12(4)27)14-10(26)9(25)11(34-14)7(15(29)30)20-13(28)6(18)8(24)5(23)3-33-16(19)31/h2,5-11,14,23-26H,3,18H2,1H3,(H2,19,31)(H,20,28)(H,29,30)(H,21,27,32). The van der Waals surface area contributed by atoms with Crippen molar-refractivity contribution in [2.75, 3.05) is 6.61 Å². The SMILES string of the molecule is Cc1cn(C2OC(C(NC(=O)C(N)C(O)C(O)COC(N)=O)C(=O)O)C(O)C2O)c(=O)[nH]c1=O. The molecule has 0 radical (unpaired) electrons. The molecule has 17 heteroatoms. The zero-order valence-electron chi connectivity index (χ0n) is 17.6. The van der Waals surface area contributed by atoms with Crippen LogP contribution in [0.3, 0.4) is 0 Å². The molecule has 190 valence electrons. The van der Waals surface area contributed by atoms with Crippen molar-refractivity contribution in [2.24, 2.45) is 11.5 Å². The fraction of sp³-hybridized carbons (Fsp3) is 0.588. The molecule has 1 aromatic rings. The van der Waals surface area contributed by atoms with E-state index in [2.05, 4.69) is 4.74 Å². The monoisotopic (exact) mass is 491 g/mol. The van der Waals surface area contributed by atoms with E-state index in [9.17, 15) is 49.5 Å². The second kappa shape index (κ2) is 10.7. The van der Waals surface area contributed by atoms with Crippen molar-refractivity contribution in [1.29, 1.82) is 0 Å². The minimum absolute atomic E-state index is 0.0512. The van der Waals surface area contributed by atoms with E-state index in [1.54, 1.807) is 0 Å². The summed E-state index contributed by atoms with van der Waals surface area (Å²) in [4.78, 5) is 60.3. The maximum Gasteiger partial charge on any atom is 0.404 e. The fourth-order valence-electron chi connectivity index (χ4n) is 3.16. The van der Waals surface area contributed by atoms with E-state index in [0.717, 1.165) is 10.8 Å². The van der Waals surface area contributed by atoms with Crippen molar-refractivity contribution < 1.29 is 49.4 Å². The largest absolute Gasteiger partial charge is 0.480 e. The van der Waals surface area contributed by atoms with Gasteiger partial charge in [-0.2, -0.15) is 0 Å². The average Bonchev–Trinajstić information content (AvgIpc) is 3.05. The summed E-state index contributed by atoms with van der Waals surface area (Å²) in [5.41, 5.74) is 8.58. The molecule has 1 aromatic heterocycles. The summed E-state index contributed by atoms with van der Waals surface area (Å²) in [6.07, 6.45) is -11.3. The first-order valence-electron chi connectivity index (χ1n) is 9.67. The van der Waals surface area contributed by atoms with Gasteiger partial charge in [-0.3, -0.25) is 19.1 Å². The highest BCUT2D eigenvalue weighted by Crippen LogP contribution is 2.30. The number of ether oxygens (including phenoxy) is 2. The number of primary amides is 1. The number of carbonyl (C=O) groups is 3. The number of hydrogen-bond donors (Lipinski definition) is 9. The minimum Gasteiger partial charge on any atom is -0.480 e. The Labute approximate surface area is 189 Å². The molecule has 11 N–H and O–H groups in total. The number of aromatic nitrogens is 2. The molecule has 0 aromatic carbocycles. The maximum absolute atomic E-state index is 12.4. The number of aliphatic hydroxyl groups is 4. The molecule has 0 spiro atoms. The summed E-state index contributed by atoms with van der Waals surface area (Å²) in [5.74, 6) is -3.06. The third kappa shape index (κ3) is 5.76. The molecule has 0 saturated carbocycles. The van der Waals surface area contributed by atoms with Gasteiger partial charge in [-0.1, -0.05) is 0 Å². The van der Waals surface area contributed by atoms with Crippen LogP contribution >= 0.6 is 0 Å². The lowest BCUT2D eigenvalue weighted by atomic mass is 10.0. The molecule has 1 fully saturated rings. The van der Waals surface area contributed by atoms with Gasteiger partial charge in [0.25, 0.3) is 5.56 Å². The number of carboxylic acids is 1. The van der Waals surface area contributed by atoms with Gasteiger partial charge in [0, 0.05) is 11.8 Å². The van der Waals surface area contributed by atoms with Crippen LogP contribution in [0.15, 0.2) is 15.8 Å². The molecule has 1 aliphatic rings. The Kier molecular flexibility index (Phi) is 8.48. The molecule has 2 heterocycles. The number of aliphatic hydroxyl groups excluding tert-OH is 4. The molecular weight excluding hydrogens is 466 g/mol. The Balaban J connectivity index is 2.20. The number of carboxylic acid groups (broad SMARTS) is 1. The summed E-state index contributed by atoms with van der Waals surface area (Å²) in [6.45, 7) is 0.533. The van der Waals surface area contributed by atoms with Gasteiger partial charge in [-0.15, -0.1) is 0 Å². The predicted molar refractivity (Wildman–Crippen MR) is 107 cm³/mol. The Hall–Kier alpha value is -3.35. The van der Waals surface area contributed by atoms with Gasteiger partial charge in [0.2, 0.25) is 5.91 Å². The number of nitrogens with one attached hydrogen (secondary N) is 2. The normalized spacial score (nSPS) is 25.7. The van der Waals surface area contributed by atoms with Crippen LogP contribution in [-0.2, 0) is 19.1 Å². The molecule has 8 unspecified atom stereocenters. The van der Waals surface area contributed by atoms with Gasteiger partial charge >= 0.3 is 17.8 Å². The van der Waals surface area contributed by atoms with Gasteiger partial charge in [0.05, 0.1) is 0 Å². The van der Waals surface area contributed by atoms with Crippen LogP contribution in [0.4, 0.5) is 4.79 Å². The number of aromatic amines is 1. The number of nitrogens with zero attached hydrogens (tertiary/aromatic N) is 1. The molecule has 2 rings (SSSR count). The van der Waals surface area contributed by atoms with E-state index in [-0.39, 0.29) is 5.56 Å². The molecule has 8 atom stereocenters. The summed E-state index contributed by atoms with van der Waals surface area (Å²) < 4.78 is 10.4. The van der Waals surface area contributed by atoms with Crippen LogP contribution in [0, 0.1) is 6.92 Å². The third-order valence-corrected chi connectivity index (χ3v) is 5.05. The first-order chi connectivity index (χ1) is 15.8. The lowest BCUT2D eigenvalue weighted by Gasteiger charge is -2.27. The highest BCUT2D eigenvalue weighted by molar-refractivity contribution is 5.87. The highest BCUT2D eigenvalue weighted by atomic mass is 16.6. The quantitative estimate of drug-likeness (QED) is 0.156. The number of aliphatic carboxylic acids is 1. The van der Waals surface area contributed by atoms with Gasteiger partial charge in [-0.05, 0) is 6.92 Å². The zero-order valence-corrected chi connectivity index (χ0v) is 17.6. The third-order valence-electron chi connectivity index (χ3n) is 5.05. The predicted octanol–water partition coefficient (Wildman–Crippen LogP) is -5.82. The molecule has 2 amide bonds. The minimum atomic E-state index is -2.04. The van der Waals surface area contributed by atoms with Crippen LogP contribution in [0.25, 0.3) is 0 Å². The van der Waals surface area contributed by atoms with Crippen molar-refractivity contribution in [3.8, 4) is 0 Å². The van der Waals surface area contributed by atoms with E-state index in [1.165, 1.54) is 6.92 Å². The van der Waals surface area contributed by atoms with Gasteiger partial charge in [-0.25, -0.2) is 14.4 Å². The first-order valence-corrected chi connectivity index (χ1v) is 9.67. The van der Waals surface area contributed by atoms with E-state index >= 15 is 0 Å². The van der Waals surface area contributed by atoms with Crippen LogP contribution in [0.5, 0.6) is 0 Å². The zero-order chi connectivity index (χ0) is 25.9. The number of carbonyl (C=O) groups excluding carboxylic acids is 2. The molecule has 0 aliphatic carbocycles. The number of H-pyrrole nitrogens is 1. The van der Waals surface area contributed by atoms with Gasteiger partial charge in [0.1, 0.15) is 43.2 Å². The van der Waals surface area contributed by atoms with Crippen molar-refractivity contribution in [3.63, 3.8) is 0 Å². The summed E-state index contributed by atoms with van der Waals surface area (Å²) in [6, 6.07) is -3.98. The molecular formula is C17H25N5O12. The Morgan fingerprint density at radius 1 is 1.26 bits per heavy atom. The lowest BCUT2D eigenvalue weighted by Crippen LogP contribution is -2.60. The summed E-state index contributed by atoms with van der Waals surface area (Å²) in [7, 11) is 0. The molecule has 1 saturated heterocycles. The topological polar surface area (TPSA) is 290 Å². The van der Waals surface area contributed by atoms with Crippen LogP contribution < -0.4 is 28.0 Å². The van der Waals surface area contributed by atoms with Crippen molar-refractivity contribution in [1.82, 2.24) is 14.9 Å². The smallest absolute Gasteiger partial charge is 0.404 e. The van der Waals surface area contributed by atoms with Crippen molar-refractivity contribution in [2.45, 2.75) is 55.8 Å². The van der Waals surface area contributed by atoms with Crippen LogP contribution in [0.2, 0.25) is 0 Å². The Morgan fingerprint density at radius 2 is 1.88 bits per heavy atom. The van der Waals surface area contributed by atoms with E-state index in [1.807, 2.05) is 10.3 Å². The second-order valence-electron chi connectivity index (χ2n) is 7.49. The van der Waals surface area contributed by atoms with Gasteiger partial charge < -0.3 is 51.8 Å².